The van der Waals surface area contributed by atoms with Crippen LogP contribution in [0.25, 0.3) is 0 Å². The van der Waals surface area contributed by atoms with Crippen LogP contribution in [0.1, 0.15) is 47.1 Å². The molecule has 0 aliphatic heterocycles. The van der Waals surface area contributed by atoms with Gasteiger partial charge in [0.05, 0.1) is 16.8 Å². The highest BCUT2D eigenvalue weighted by molar-refractivity contribution is 6.32. The van der Waals surface area contributed by atoms with Gasteiger partial charge in [-0.25, -0.2) is 0 Å². The standard InChI is InChI=1S/C22H24ClN3O2/c1-4-26-13-19(16(3)25-26)15(2)24-22(27)18-11-9-17(10-12-18)14-28-21-8-6-5-7-20(21)23/h5-13,15H,4,14H2,1-3H3,(H,24,27)/t15-/m1/s1. The first-order valence-electron chi connectivity index (χ1n) is 9.29. The number of carbonyl (C=O) groups is 1. The molecule has 0 saturated carbocycles. The third-order valence-corrected chi connectivity index (χ3v) is 4.88. The SMILES string of the molecule is CCn1cc([C@@H](C)NC(=O)c2ccc(COc3ccccc3Cl)cc2)c(C)n1. The van der Waals surface area contributed by atoms with Gasteiger partial charge in [-0.05, 0) is 50.6 Å². The van der Waals surface area contributed by atoms with Crippen LogP contribution in [0.15, 0.2) is 54.7 Å². The summed E-state index contributed by atoms with van der Waals surface area (Å²) in [7, 11) is 0. The lowest BCUT2D eigenvalue weighted by Gasteiger charge is -2.14. The fraction of sp³-hybridized carbons (Fsp3) is 0.273. The summed E-state index contributed by atoms with van der Waals surface area (Å²) < 4.78 is 7.61. The number of carbonyl (C=O) groups excluding carboxylic acids is 1. The Bertz CT molecular complexity index is 951. The Morgan fingerprint density at radius 2 is 1.93 bits per heavy atom. The average Bonchev–Trinajstić information content (AvgIpc) is 3.08. The van der Waals surface area contributed by atoms with Crippen LogP contribution >= 0.6 is 11.6 Å². The Balaban J connectivity index is 1.60. The number of nitrogens with zero attached hydrogens (tertiary/aromatic N) is 2. The van der Waals surface area contributed by atoms with E-state index in [0.717, 1.165) is 23.4 Å². The molecule has 0 aliphatic rings. The fourth-order valence-corrected chi connectivity index (χ4v) is 3.14. The van der Waals surface area contributed by atoms with Crippen molar-refractivity contribution in [2.24, 2.45) is 0 Å². The number of aromatic nitrogens is 2. The summed E-state index contributed by atoms with van der Waals surface area (Å²) in [6.07, 6.45) is 1.98. The van der Waals surface area contributed by atoms with Gasteiger partial charge in [-0.15, -0.1) is 0 Å². The molecule has 0 unspecified atom stereocenters. The van der Waals surface area contributed by atoms with Crippen molar-refractivity contribution < 1.29 is 9.53 Å². The first-order chi connectivity index (χ1) is 13.5. The van der Waals surface area contributed by atoms with E-state index in [-0.39, 0.29) is 11.9 Å². The predicted molar refractivity (Wildman–Crippen MR) is 111 cm³/mol. The second-order valence-electron chi connectivity index (χ2n) is 6.64. The Morgan fingerprint density at radius 3 is 2.57 bits per heavy atom. The van der Waals surface area contributed by atoms with Crippen LogP contribution in [0.3, 0.4) is 0 Å². The van der Waals surface area contributed by atoms with E-state index in [2.05, 4.69) is 10.4 Å². The highest BCUT2D eigenvalue weighted by atomic mass is 35.5. The first-order valence-corrected chi connectivity index (χ1v) is 9.66. The largest absolute Gasteiger partial charge is 0.487 e. The van der Waals surface area contributed by atoms with E-state index in [9.17, 15) is 4.79 Å². The van der Waals surface area contributed by atoms with Crippen molar-refractivity contribution in [2.75, 3.05) is 0 Å². The van der Waals surface area contributed by atoms with E-state index in [4.69, 9.17) is 16.3 Å². The molecule has 0 radical (unpaired) electrons. The summed E-state index contributed by atoms with van der Waals surface area (Å²) in [6.45, 7) is 7.15. The van der Waals surface area contributed by atoms with Crippen molar-refractivity contribution in [2.45, 2.75) is 40.0 Å². The Labute approximate surface area is 170 Å². The van der Waals surface area contributed by atoms with Crippen molar-refractivity contribution in [1.82, 2.24) is 15.1 Å². The molecule has 2 aromatic carbocycles. The second kappa shape index (κ2) is 8.93. The van der Waals surface area contributed by atoms with Crippen molar-refractivity contribution >= 4 is 17.5 Å². The zero-order chi connectivity index (χ0) is 20.1. The summed E-state index contributed by atoms with van der Waals surface area (Å²) >= 11 is 6.09. The number of aryl methyl sites for hydroxylation is 2. The predicted octanol–water partition coefficient (Wildman–Crippen LogP) is 4.93. The van der Waals surface area contributed by atoms with Gasteiger partial charge in [0, 0.05) is 23.9 Å². The number of hydrogen-bond acceptors (Lipinski definition) is 3. The third kappa shape index (κ3) is 4.73. The molecule has 0 aliphatic carbocycles. The van der Waals surface area contributed by atoms with Crippen LogP contribution in [-0.2, 0) is 13.2 Å². The molecule has 1 N–H and O–H groups in total. The minimum absolute atomic E-state index is 0.115. The maximum absolute atomic E-state index is 12.6. The summed E-state index contributed by atoms with van der Waals surface area (Å²) in [4.78, 5) is 12.6. The monoisotopic (exact) mass is 397 g/mol. The number of para-hydroxylation sites is 1. The van der Waals surface area contributed by atoms with Crippen molar-refractivity contribution in [3.63, 3.8) is 0 Å². The number of nitrogens with one attached hydrogen (secondary N) is 1. The van der Waals surface area contributed by atoms with Crippen molar-refractivity contribution in [3.8, 4) is 5.75 Å². The Kier molecular flexibility index (Phi) is 6.37. The summed E-state index contributed by atoms with van der Waals surface area (Å²) in [6, 6.07) is 14.6. The van der Waals surface area contributed by atoms with Gasteiger partial charge in [0.25, 0.3) is 5.91 Å². The Hall–Kier alpha value is -2.79. The molecule has 3 aromatic rings. The smallest absolute Gasteiger partial charge is 0.251 e. The third-order valence-electron chi connectivity index (χ3n) is 4.57. The van der Waals surface area contributed by atoms with Crippen LogP contribution in [0.2, 0.25) is 5.02 Å². The van der Waals surface area contributed by atoms with Gasteiger partial charge in [-0.3, -0.25) is 9.48 Å². The van der Waals surface area contributed by atoms with Crippen molar-refractivity contribution in [1.29, 1.82) is 0 Å². The van der Waals surface area contributed by atoms with E-state index in [0.29, 0.717) is 22.9 Å². The molecule has 3 rings (SSSR count). The minimum Gasteiger partial charge on any atom is -0.487 e. The molecule has 0 bridgehead atoms. The maximum Gasteiger partial charge on any atom is 0.251 e. The van der Waals surface area contributed by atoms with Gasteiger partial charge < -0.3 is 10.1 Å². The lowest BCUT2D eigenvalue weighted by molar-refractivity contribution is 0.0939. The number of rotatable bonds is 7. The number of halogens is 1. The molecule has 5 nitrogen and oxygen atoms in total. The molecule has 0 spiro atoms. The van der Waals surface area contributed by atoms with E-state index >= 15 is 0 Å². The van der Waals surface area contributed by atoms with Crippen LogP contribution in [0.4, 0.5) is 0 Å². The highest BCUT2D eigenvalue weighted by Crippen LogP contribution is 2.24. The molecular weight excluding hydrogens is 374 g/mol. The number of hydrogen-bond donors (Lipinski definition) is 1. The van der Waals surface area contributed by atoms with Crippen LogP contribution in [0.5, 0.6) is 5.75 Å². The van der Waals surface area contributed by atoms with Crippen LogP contribution in [0, 0.1) is 6.92 Å². The molecule has 6 heteroatoms. The first kappa shape index (κ1) is 20.0. The van der Waals surface area contributed by atoms with Gasteiger partial charge in [-0.1, -0.05) is 35.9 Å². The fourth-order valence-electron chi connectivity index (χ4n) is 2.95. The molecule has 1 amide bonds. The zero-order valence-electron chi connectivity index (χ0n) is 16.3. The van der Waals surface area contributed by atoms with Crippen molar-refractivity contribution in [3.05, 3.63) is 82.1 Å². The van der Waals surface area contributed by atoms with Gasteiger partial charge >= 0.3 is 0 Å². The average molecular weight is 398 g/mol. The van der Waals surface area contributed by atoms with Crippen LogP contribution < -0.4 is 10.1 Å². The topological polar surface area (TPSA) is 56.2 Å². The van der Waals surface area contributed by atoms with Gasteiger partial charge in [0.15, 0.2) is 0 Å². The molecule has 1 aromatic heterocycles. The van der Waals surface area contributed by atoms with Gasteiger partial charge in [-0.2, -0.15) is 5.10 Å². The van der Waals surface area contributed by atoms with Gasteiger partial charge in [0.1, 0.15) is 12.4 Å². The molecule has 0 saturated heterocycles. The highest BCUT2D eigenvalue weighted by Gasteiger charge is 2.16. The summed E-state index contributed by atoms with van der Waals surface area (Å²) in [5.41, 5.74) is 3.53. The molecule has 0 fully saturated rings. The number of amides is 1. The molecular formula is C22H24ClN3O2. The van der Waals surface area contributed by atoms with E-state index in [1.165, 1.54) is 0 Å². The van der Waals surface area contributed by atoms with E-state index < -0.39 is 0 Å². The quantitative estimate of drug-likeness (QED) is 0.614. The summed E-state index contributed by atoms with van der Waals surface area (Å²) in [5, 5.41) is 8.05. The lowest BCUT2D eigenvalue weighted by Crippen LogP contribution is -2.26. The Morgan fingerprint density at radius 1 is 1.21 bits per heavy atom. The zero-order valence-corrected chi connectivity index (χ0v) is 17.0. The second-order valence-corrected chi connectivity index (χ2v) is 7.04. The molecule has 1 atom stereocenters. The van der Waals surface area contributed by atoms with Gasteiger partial charge in [0.2, 0.25) is 0 Å². The molecule has 28 heavy (non-hydrogen) atoms. The lowest BCUT2D eigenvalue weighted by atomic mass is 10.1. The van der Waals surface area contributed by atoms with Crippen LogP contribution in [-0.4, -0.2) is 15.7 Å². The molecule has 1 heterocycles. The molecule has 146 valence electrons. The number of ether oxygens (including phenoxy) is 1. The van der Waals surface area contributed by atoms with E-state index in [1.807, 2.05) is 62.0 Å². The maximum atomic E-state index is 12.6. The number of benzene rings is 2. The summed E-state index contributed by atoms with van der Waals surface area (Å²) in [5.74, 6) is 0.525. The normalized spacial score (nSPS) is 11.9. The van der Waals surface area contributed by atoms with E-state index in [1.54, 1.807) is 18.2 Å². The minimum atomic E-state index is -0.116.